The Balaban J connectivity index is 2.93. The molecule has 0 aliphatic rings. The smallest absolute Gasteiger partial charge is 0.311 e. The summed E-state index contributed by atoms with van der Waals surface area (Å²) in [6.07, 6.45) is 1.18. The van der Waals surface area contributed by atoms with Crippen LogP contribution in [0.25, 0.3) is 0 Å². The molecule has 0 atom stereocenters. The van der Waals surface area contributed by atoms with Crippen LogP contribution in [-0.2, 0) is 4.79 Å². The van der Waals surface area contributed by atoms with Gasteiger partial charge >= 0.3 is 5.69 Å². The Morgan fingerprint density at radius 2 is 2.06 bits per heavy atom. The lowest BCUT2D eigenvalue weighted by molar-refractivity contribution is -0.385. The van der Waals surface area contributed by atoms with Crippen LogP contribution in [0, 0.1) is 24.0 Å². The molecule has 0 spiro atoms. The van der Waals surface area contributed by atoms with E-state index in [1.165, 1.54) is 6.07 Å². The Hall–Kier alpha value is -1.91. The van der Waals surface area contributed by atoms with E-state index in [2.05, 4.69) is 0 Å². The minimum atomic E-state index is -0.486. The molecule has 0 saturated carbocycles. The zero-order valence-corrected chi connectivity index (χ0v) is 10.9. The second-order valence-corrected chi connectivity index (χ2v) is 4.26. The average molecular weight is 251 g/mol. The molecule has 0 fully saturated rings. The quantitative estimate of drug-likeness (QED) is 0.575. The van der Waals surface area contributed by atoms with Gasteiger partial charge in [0.1, 0.15) is 6.61 Å². The third-order valence-corrected chi connectivity index (χ3v) is 2.50. The predicted octanol–water partition coefficient (Wildman–Crippen LogP) is 2.96. The van der Waals surface area contributed by atoms with Crippen LogP contribution >= 0.6 is 0 Å². The summed E-state index contributed by atoms with van der Waals surface area (Å²) in [5, 5.41) is 10.9. The van der Waals surface area contributed by atoms with Gasteiger partial charge in [-0.25, -0.2) is 0 Å². The number of ether oxygens (including phenoxy) is 1. The average Bonchev–Trinajstić information content (AvgIpc) is 2.27. The van der Waals surface area contributed by atoms with E-state index in [1.807, 2.05) is 6.92 Å². The molecule has 0 heterocycles. The molecule has 98 valence electrons. The molecule has 1 rings (SSSR count). The van der Waals surface area contributed by atoms with Gasteiger partial charge in [-0.1, -0.05) is 13.0 Å². The van der Waals surface area contributed by atoms with Gasteiger partial charge in [-0.2, -0.15) is 0 Å². The topological polar surface area (TPSA) is 69.4 Å². The molecule has 0 bridgehead atoms. The molecule has 0 aromatic heterocycles. The van der Waals surface area contributed by atoms with E-state index in [-0.39, 0.29) is 23.8 Å². The van der Waals surface area contributed by atoms with Crippen LogP contribution in [0.3, 0.4) is 0 Å². The molecule has 0 unspecified atom stereocenters. The van der Waals surface area contributed by atoms with Gasteiger partial charge in [0.25, 0.3) is 0 Å². The summed E-state index contributed by atoms with van der Waals surface area (Å²) in [5.74, 6) is 0.141. The highest BCUT2D eigenvalue weighted by Gasteiger charge is 2.19. The van der Waals surface area contributed by atoms with Crippen molar-refractivity contribution in [1.29, 1.82) is 0 Å². The van der Waals surface area contributed by atoms with Crippen LogP contribution in [0.5, 0.6) is 5.75 Å². The first-order chi connectivity index (χ1) is 8.45. The number of carbonyl (C=O) groups is 1. The fraction of sp³-hybridized carbons (Fsp3) is 0.462. The number of benzene rings is 1. The first-order valence-corrected chi connectivity index (χ1v) is 5.85. The lowest BCUT2D eigenvalue weighted by Crippen LogP contribution is -2.12. The summed E-state index contributed by atoms with van der Waals surface area (Å²) in [6, 6.07) is 3.25. The van der Waals surface area contributed by atoms with Crippen LogP contribution in [-0.4, -0.2) is 17.3 Å². The monoisotopic (exact) mass is 251 g/mol. The molecule has 0 radical (unpaired) electrons. The number of carbonyl (C=O) groups excluding carboxylic acids is 1. The number of ketones is 1. The first-order valence-electron chi connectivity index (χ1n) is 5.85. The summed E-state index contributed by atoms with van der Waals surface area (Å²) in [5.41, 5.74) is 1.38. The van der Waals surface area contributed by atoms with Crippen molar-refractivity contribution in [2.45, 2.75) is 33.6 Å². The number of aryl methyl sites for hydroxylation is 2. The fourth-order valence-corrected chi connectivity index (χ4v) is 1.76. The number of nitro groups is 1. The van der Waals surface area contributed by atoms with Crippen molar-refractivity contribution < 1.29 is 14.5 Å². The van der Waals surface area contributed by atoms with Gasteiger partial charge in [-0.15, -0.1) is 0 Å². The van der Waals surface area contributed by atoms with Gasteiger partial charge in [0.05, 0.1) is 4.92 Å². The minimum absolute atomic E-state index is 0.0493. The SMILES string of the molecule is CCCC(=O)COc1c(C)cc(C)cc1[N+](=O)[O-]. The molecular formula is C13H17NO4. The molecule has 1 aromatic carbocycles. The van der Waals surface area contributed by atoms with Crippen LogP contribution in [0.4, 0.5) is 5.69 Å². The van der Waals surface area contributed by atoms with E-state index in [1.54, 1.807) is 19.9 Å². The highest BCUT2D eigenvalue weighted by Crippen LogP contribution is 2.31. The molecule has 5 heteroatoms. The summed E-state index contributed by atoms with van der Waals surface area (Å²) < 4.78 is 5.31. The summed E-state index contributed by atoms with van der Waals surface area (Å²) in [4.78, 5) is 21.8. The summed E-state index contributed by atoms with van der Waals surface area (Å²) in [6.45, 7) is 5.31. The standard InChI is InChI=1S/C13H17NO4/c1-4-5-11(15)8-18-13-10(3)6-9(2)7-12(13)14(16)17/h6-7H,4-5,8H2,1-3H3. The number of hydrogen-bond donors (Lipinski definition) is 0. The van der Waals surface area contributed by atoms with Crippen LogP contribution in [0.15, 0.2) is 12.1 Å². The van der Waals surface area contributed by atoms with Gasteiger partial charge in [0, 0.05) is 12.5 Å². The molecule has 18 heavy (non-hydrogen) atoms. The largest absolute Gasteiger partial charge is 0.479 e. The normalized spacial score (nSPS) is 10.2. The Morgan fingerprint density at radius 3 is 2.61 bits per heavy atom. The maximum Gasteiger partial charge on any atom is 0.311 e. The number of nitro benzene ring substituents is 1. The van der Waals surface area contributed by atoms with E-state index >= 15 is 0 Å². The molecule has 5 nitrogen and oxygen atoms in total. The highest BCUT2D eigenvalue weighted by atomic mass is 16.6. The van der Waals surface area contributed by atoms with Crippen LogP contribution in [0.1, 0.15) is 30.9 Å². The molecular weight excluding hydrogens is 234 g/mol. The van der Waals surface area contributed by atoms with Gasteiger partial charge in [-0.05, 0) is 31.4 Å². The van der Waals surface area contributed by atoms with Gasteiger partial charge in [0.15, 0.2) is 5.78 Å². The summed E-state index contributed by atoms with van der Waals surface area (Å²) >= 11 is 0. The second-order valence-electron chi connectivity index (χ2n) is 4.26. The Morgan fingerprint density at radius 1 is 1.39 bits per heavy atom. The first kappa shape index (κ1) is 14.2. The molecule has 0 aliphatic carbocycles. The molecule has 1 aromatic rings. The van der Waals surface area contributed by atoms with Crippen molar-refractivity contribution in [3.63, 3.8) is 0 Å². The van der Waals surface area contributed by atoms with Crippen molar-refractivity contribution >= 4 is 11.5 Å². The lowest BCUT2D eigenvalue weighted by atomic mass is 10.1. The third-order valence-electron chi connectivity index (χ3n) is 2.50. The summed E-state index contributed by atoms with van der Waals surface area (Å²) in [7, 11) is 0. The lowest BCUT2D eigenvalue weighted by Gasteiger charge is -2.09. The third kappa shape index (κ3) is 3.55. The number of rotatable bonds is 6. The fourth-order valence-electron chi connectivity index (χ4n) is 1.76. The molecule has 0 amide bonds. The van der Waals surface area contributed by atoms with Crippen molar-refractivity contribution in [2.75, 3.05) is 6.61 Å². The van der Waals surface area contributed by atoms with Gasteiger partial charge in [0.2, 0.25) is 5.75 Å². The van der Waals surface area contributed by atoms with E-state index in [0.717, 1.165) is 12.0 Å². The highest BCUT2D eigenvalue weighted by molar-refractivity contribution is 5.80. The van der Waals surface area contributed by atoms with Crippen LogP contribution < -0.4 is 4.74 Å². The predicted molar refractivity (Wildman–Crippen MR) is 68.0 cm³/mol. The number of Topliss-reactive ketones (excluding diaryl/α,β-unsaturated/α-hetero) is 1. The Labute approximate surface area is 106 Å². The van der Waals surface area contributed by atoms with Gasteiger partial charge in [-0.3, -0.25) is 14.9 Å². The Bertz CT molecular complexity index is 468. The molecule has 0 N–H and O–H groups in total. The Kier molecular flexibility index (Phi) is 4.83. The zero-order chi connectivity index (χ0) is 13.7. The van der Waals surface area contributed by atoms with Gasteiger partial charge < -0.3 is 4.74 Å². The van der Waals surface area contributed by atoms with Crippen molar-refractivity contribution in [1.82, 2.24) is 0 Å². The zero-order valence-electron chi connectivity index (χ0n) is 10.9. The van der Waals surface area contributed by atoms with Crippen LogP contribution in [0.2, 0.25) is 0 Å². The second kappa shape index (κ2) is 6.14. The number of nitrogens with zero attached hydrogens (tertiary/aromatic N) is 1. The van der Waals surface area contributed by atoms with Crippen molar-refractivity contribution in [2.24, 2.45) is 0 Å². The van der Waals surface area contributed by atoms with E-state index in [0.29, 0.717) is 12.0 Å². The molecule has 0 saturated heterocycles. The maximum atomic E-state index is 11.4. The van der Waals surface area contributed by atoms with E-state index in [4.69, 9.17) is 4.74 Å². The minimum Gasteiger partial charge on any atom is -0.479 e. The van der Waals surface area contributed by atoms with Crippen molar-refractivity contribution in [3.05, 3.63) is 33.4 Å². The maximum absolute atomic E-state index is 11.4. The van der Waals surface area contributed by atoms with E-state index < -0.39 is 4.92 Å². The number of hydrogen-bond acceptors (Lipinski definition) is 4. The van der Waals surface area contributed by atoms with E-state index in [9.17, 15) is 14.9 Å². The van der Waals surface area contributed by atoms with Crippen molar-refractivity contribution in [3.8, 4) is 5.75 Å². The molecule has 0 aliphatic heterocycles.